The molecule has 0 spiro atoms. The van der Waals surface area contributed by atoms with E-state index in [1.807, 2.05) is 0 Å². The van der Waals surface area contributed by atoms with Gasteiger partial charge in [-0.3, -0.25) is 4.79 Å². The molecule has 9 heavy (non-hydrogen) atoms. The van der Waals surface area contributed by atoms with Crippen molar-refractivity contribution in [2.75, 3.05) is 7.05 Å². The fourth-order valence-electron chi connectivity index (χ4n) is 0.191. The number of hydrogen-bond donors (Lipinski definition) is 1. The molecule has 0 unspecified atom stereocenters. The van der Waals surface area contributed by atoms with Gasteiger partial charge in [0.2, 0.25) is 0 Å². The van der Waals surface area contributed by atoms with E-state index in [0.717, 1.165) is 10.4 Å². The van der Waals surface area contributed by atoms with Crippen LogP contribution < -0.4 is 0 Å². The molecule has 0 aromatic carbocycles. The third kappa shape index (κ3) is 1.80. The lowest BCUT2D eigenvalue weighted by Crippen LogP contribution is -2.46. The van der Waals surface area contributed by atoms with Crippen molar-refractivity contribution in [1.29, 1.82) is 0 Å². The normalized spacial score (nSPS) is 12.4. The second kappa shape index (κ2) is 2.49. The van der Waals surface area contributed by atoms with Crippen molar-refractivity contribution in [2.45, 2.75) is 19.4 Å². The van der Waals surface area contributed by atoms with Crippen molar-refractivity contribution in [3.63, 3.8) is 0 Å². The molecular formula is C5H13NO2Si. The first-order valence-corrected chi connectivity index (χ1v) is 3.69. The number of nitrogens with zero attached hydrogens (tertiary/aromatic N) is 1. The molecule has 0 heterocycles. The summed E-state index contributed by atoms with van der Waals surface area (Å²) in [4.78, 5) is 10.4. The number of carboxylic acids is 1. The lowest BCUT2D eigenvalue weighted by molar-refractivity contribution is -0.145. The predicted molar refractivity (Wildman–Crippen MR) is 39.4 cm³/mol. The van der Waals surface area contributed by atoms with Crippen molar-refractivity contribution < 1.29 is 9.90 Å². The Balaban J connectivity index is 4.19. The Bertz CT molecular complexity index is 122. The first-order valence-electron chi connectivity index (χ1n) is 2.80. The fraction of sp³-hybridized carbons (Fsp3) is 0.800. The van der Waals surface area contributed by atoms with Gasteiger partial charge in [0.25, 0.3) is 0 Å². The van der Waals surface area contributed by atoms with Crippen molar-refractivity contribution in [3.8, 4) is 0 Å². The van der Waals surface area contributed by atoms with Crippen LogP contribution in [0, 0.1) is 0 Å². The predicted octanol–water partition coefficient (Wildman–Crippen LogP) is -0.938. The molecule has 54 valence electrons. The molecule has 0 rings (SSSR count). The Kier molecular flexibility index (Phi) is 2.39. The average molecular weight is 147 g/mol. The molecule has 3 nitrogen and oxygen atoms in total. The summed E-state index contributed by atoms with van der Waals surface area (Å²) in [5.41, 5.74) is -0.688. The standard InChI is InChI=1S/C5H13NO2Si/c1-5(2,4(7)8)6(3)9/h1-3,9H3,(H,7,8). The maximum atomic E-state index is 10.4. The monoisotopic (exact) mass is 147 g/mol. The van der Waals surface area contributed by atoms with Gasteiger partial charge in [-0.2, -0.15) is 0 Å². The molecule has 1 N–H and O–H groups in total. The maximum absolute atomic E-state index is 10.4. The van der Waals surface area contributed by atoms with Crippen LogP contribution in [0.1, 0.15) is 13.8 Å². The SMILES string of the molecule is CN([SiH3])C(C)(C)C(=O)O. The van der Waals surface area contributed by atoms with Crippen LogP contribution >= 0.6 is 0 Å². The third-order valence-corrected chi connectivity index (χ3v) is 2.76. The minimum Gasteiger partial charge on any atom is -0.480 e. The summed E-state index contributed by atoms with van der Waals surface area (Å²) in [6.45, 7) is 3.39. The number of hydrogen-bond acceptors (Lipinski definition) is 2. The lowest BCUT2D eigenvalue weighted by atomic mass is 10.1. The Labute approximate surface area is 58.2 Å². The van der Waals surface area contributed by atoms with Crippen molar-refractivity contribution in [3.05, 3.63) is 0 Å². The molecule has 0 aliphatic heterocycles. The highest BCUT2D eigenvalue weighted by atomic mass is 28.2. The Hall–Kier alpha value is -0.353. The van der Waals surface area contributed by atoms with Crippen LogP contribution in [0.3, 0.4) is 0 Å². The number of aliphatic carboxylic acids is 1. The molecule has 0 atom stereocenters. The summed E-state index contributed by atoms with van der Waals surface area (Å²) in [6.07, 6.45) is 0. The van der Waals surface area contributed by atoms with Crippen LogP contribution in [0.5, 0.6) is 0 Å². The van der Waals surface area contributed by atoms with E-state index in [1.54, 1.807) is 25.5 Å². The minimum absolute atomic E-state index is 0.688. The van der Waals surface area contributed by atoms with Gasteiger partial charge in [-0.25, -0.2) is 0 Å². The van der Waals surface area contributed by atoms with Crippen molar-refractivity contribution in [2.24, 2.45) is 0 Å². The van der Waals surface area contributed by atoms with Crippen LogP contribution in [-0.2, 0) is 4.79 Å². The van der Waals surface area contributed by atoms with Gasteiger partial charge >= 0.3 is 5.97 Å². The third-order valence-electron chi connectivity index (χ3n) is 1.64. The van der Waals surface area contributed by atoms with E-state index in [0.29, 0.717) is 0 Å². The smallest absolute Gasteiger partial charge is 0.322 e. The molecule has 0 aromatic heterocycles. The summed E-state index contributed by atoms with van der Waals surface area (Å²) >= 11 is 0. The summed E-state index contributed by atoms with van der Waals surface area (Å²) < 4.78 is 1.80. The van der Waals surface area contributed by atoms with Gasteiger partial charge in [-0.1, -0.05) is 0 Å². The van der Waals surface area contributed by atoms with Crippen LogP contribution in [0.25, 0.3) is 0 Å². The number of carboxylic acid groups (broad SMARTS) is 1. The molecule has 0 aromatic rings. The van der Waals surface area contributed by atoms with Crippen molar-refractivity contribution in [1.82, 2.24) is 4.57 Å². The molecule has 0 amide bonds. The maximum Gasteiger partial charge on any atom is 0.322 e. The first kappa shape index (κ1) is 8.65. The summed E-state index contributed by atoms with van der Waals surface area (Å²) in [5.74, 6) is -0.764. The fourth-order valence-corrected chi connectivity index (χ4v) is 0.383. The van der Waals surface area contributed by atoms with Gasteiger partial charge in [0, 0.05) is 0 Å². The van der Waals surface area contributed by atoms with E-state index in [-0.39, 0.29) is 0 Å². The molecule has 0 saturated heterocycles. The number of likely N-dealkylation sites (N-methyl/N-ethyl adjacent to an activating group) is 1. The zero-order valence-electron chi connectivity index (χ0n) is 6.30. The highest BCUT2D eigenvalue weighted by molar-refractivity contribution is 6.06. The minimum atomic E-state index is -0.764. The Morgan fingerprint density at radius 2 is 2.00 bits per heavy atom. The topological polar surface area (TPSA) is 40.5 Å². The zero-order chi connectivity index (χ0) is 7.65. The Morgan fingerprint density at radius 1 is 1.67 bits per heavy atom. The van der Waals surface area contributed by atoms with Crippen LogP contribution in [0.2, 0.25) is 0 Å². The summed E-state index contributed by atoms with van der Waals surface area (Å²) in [7, 11) is 2.58. The lowest BCUT2D eigenvalue weighted by Gasteiger charge is -2.27. The van der Waals surface area contributed by atoms with E-state index in [4.69, 9.17) is 5.11 Å². The van der Waals surface area contributed by atoms with Gasteiger partial charge < -0.3 is 9.67 Å². The average Bonchev–Trinajstić information content (AvgIpc) is 1.65. The van der Waals surface area contributed by atoms with Crippen LogP contribution in [-0.4, -0.2) is 38.6 Å². The van der Waals surface area contributed by atoms with E-state index < -0.39 is 11.5 Å². The van der Waals surface area contributed by atoms with E-state index in [1.165, 1.54) is 0 Å². The van der Waals surface area contributed by atoms with Gasteiger partial charge in [0.1, 0.15) is 5.54 Å². The second-order valence-electron chi connectivity index (χ2n) is 2.76. The largest absolute Gasteiger partial charge is 0.480 e. The molecule has 0 saturated carbocycles. The molecule has 4 heteroatoms. The first-order chi connectivity index (χ1) is 3.89. The highest BCUT2D eigenvalue weighted by Gasteiger charge is 2.28. The van der Waals surface area contributed by atoms with E-state index in [9.17, 15) is 4.79 Å². The van der Waals surface area contributed by atoms with Gasteiger partial charge in [-0.15, -0.1) is 0 Å². The van der Waals surface area contributed by atoms with E-state index in [2.05, 4.69) is 0 Å². The molecule has 0 aliphatic rings. The van der Waals surface area contributed by atoms with Crippen molar-refractivity contribution >= 4 is 16.4 Å². The van der Waals surface area contributed by atoms with Gasteiger partial charge in [0.05, 0.1) is 10.4 Å². The molecule has 0 radical (unpaired) electrons. The zero-order valence-corrected chi connectivity index (χ0v) is 8.30. The second-order valence-corrected chi connectivity index (χ2v) is 4.10. The molecule has 0 aliphatic carbocycles. The molecule has 0 fully saturated rings. The quantitative estimate of drug-likeness (QED) is 0.513. The van der Waals surface area contributed by atoms with Crippen LogP contribution in [0.15, 0.2) is 0 Å². The highest BCUT2D eigenvalue weighted by Crippen LogP contribution is 2.07. The summed E-state index contributed by atoms with van der Waals surface area (Å²) in [5, 5.41) is 8.59. The van der Waals surface area contributed by atoms with E-state index >= 15 is 0 Å². The van der Waals surface area contributed by atoms with Gasteiger partial charge in [0.15, 0.2) is 0 Å². The number of rotatable bonds is 2. The molecular weight excluding hydrogens is 134 g/mol. The van der Waals surface area contributed by atoms with Crippen LogP contribution in [0.4, 0.5) is 0 Å². The number of carbonyl (C=O) groups is 1. The van der Waals surface area contributed by atoms with Gasteiger partial charge in [-0.05, 0) is 20.9 Å². The Morgan fingerprint density at radius 3 is 2.00 bits per heavy atom. The molecule has 0 bridgehead atoms. The summed E-state index contributed by atoms with van der Waals surface area (Å²) in [6, 6.07) is 0.